The maximum Gasteiger partial charge on any atom is 0.245 e. The molecule has 0 unspecified atom stereocenters. The first kappa shape index (κ1) is 9.97. The summed E-state index contributed by atoms with van der Waals surface area (Å²) in [5, 5.41) is 11.1. The number of nitrogens with zero attached hydrogens (tertiary/aromatic N) is 4. The zero-order valence-corrected chi connectivity index (χ0v) is 9.47. The average Bonchev–Trinajstić information content (AvgIpc) is 2.65. The highest BCUT2D eigenvalue weighted by Gasteiger charge is 2.16. The highest BCUT2D eigenvalue weighted by Crippen LogP contribution is 2.17. The minimum Gasteiger partial charge on any atom is -0.285 e. The van der Waals surface area contributed by atoms with Crippen LogP contribution in [-0.4, -0.2) is 26.0 Å². The molecule has 1 heterocycles. The fraction of sp³-hybridized carbons (Fsp3) is 0.111. The van der Waals surface area contributed by atoms with Crippen molar-refractivity contribution < 1.29 is 4.79 Å². The predicted octanol–water partition coefficient (Wildman–Crippen LogP) is 1.20. The first-order valence-electron chi connectivity index (χ1n) is 4.21. The molecule has 0 atom stereocenters. The number of carbonyl (C=O) groups is 1. The second-order valence-electron chi connectivity index (χ2n) is 2.91. The Bertz CT molecular complexity index is 508. The van der Waals surface area contributed by atoms with E-state index in [-0.39, 0.29) is 11.6 Å². The van der Waals surface area contributed by atoms with Gasteiger partial charge in [-0.3, -0.25) is 4.79 Å². The highest BCUT2D eigenvalue weighted by atomic mass is 79.9. The lowest BCUT2D eigenvalue weighted by Gasteiger charge is -1.98. The van der Waals surface area contributed by atoms with Crippen LogP contribution in [0.1, 0.15) is 16.2 Å². The van der Waals surface area contributed by atoms with Gasteiger partial charge in [-0.1, -0.05) is 28.1 Å². The number of benzene rings is 1. The summed E-state index contributed by atoms with van der Waals surface area (Å²) in [6.45, 7) is 0. The van der Waals surface area contributed by atoms with Crippen molar-refractivity contribution in [1.82, 2.24) is 20.2 Å². The summed E-state index contributed by atoms with van der Waals surface area (Å²) in [7, 11) is 1.61. The van der Waals surface area contributed by atoms with Gasteiger partial charge in [0.05, 0.1) is 7.05 Å². The van der Waals surface area contributed by atoms with Gasteiger partial charge >= 0.3 is 0 Å². The second kappa shape index (κ2) is 3.90. The molecule has 0 aliphatic heterocycles. The van der Waals surface area contributed by atoms with Crippen LogP contribution >= 0.6 is 15.9 Å². The quantitative estimate of drug-likeness (QED) is 0.767. The van der Waals surface area contributed by atoms with E-state index in [9.17, 15) is 4.79 Å². The van der Waals surface area contributed by atoms with Crippen LogP contribution < -0.4 is 0 Å². The molecule has 2 rings (SSSR count). The van der Waals surface area contributed by atoms with Gasteiger partial charge in [0.1, 0.15) is 0 Å². The van der Waals surface area contributed by atoms with E-state index in [4.69, 9.17) is 0 Å². The number of hydrogen-bond donors (Lipinski definition) is 0. The fourth-order valence-electron chi connectivity index (χ4n) is 1.14. The van der Waals surface area contributed by atoms with Gasteiger partial charge in [0.15, 0.2) is 0 Å². The van der Waals surface area contributed by atoms with Crippen molar-refractivity contribution in [1.29, 1.82) is 0 Å². The molecule has 5 nitrogen and oxygen atoms in total. The number of rotatable bonds is 2. The van der Waals surface area contributed by atoms with E-state index in [2.05, 4.69) is 31.3 Å². The molecule has 15 heavy (non-hydrogen) atoms. The van der Waals surface area contributed by atoms with Gasteiger partial charge < -0.3 is 0 Å². The summed E-state index contributed by atoms with van der Waals surface area (Å²) in [4.78, 5) is 13.1. The topological polar surface area (TPSA) is 60.7 Å². The maximum absolute atomic E-state index is 11.9. The van der Waals surface area contributed by atoms with Gasteiger partial charge in [-0.2, -0.15) is 4.80 Å². The van der Waals surface area contributed by atoms with Crippen molar-refractivity contribution in [3.05, 3.63) is 40.1 Å². The molecule has 0 fully saturated rings. The zero-order valence-electron chi connectivity index (χ0n) is 7.88. The molecular formula is C9H7BrN4O. The second-order valence-corrected chi connectivity index (χ2v) is 3.77. The Morgan fingerprint density at radius 2 is 2.13 bits per heavy atom. The number of carbonyl (C=O) groups excluding carboxylic acids is 1. The third-order valence-electron chi connectivity index (χ3n) is 1.83. The number of tetrazole rings is 1. The molecule has 0 spiro atoms. The SMILES string of the molecule is Cn1nnc(C(=O)c2ccccc2Br)n1. The number of hydrogen-bond acceptors (Lipinski definition) is 4. The van der Waals surface area contributed by atoms with E-state index >= 15 is 0 Å². The minimum atomic E-state index is -0.240. The van der Waals surface area contributed by atoms with Gasteiger partial charge in [0.2, 0.25) is 11.6 Å². The van der Waals surface area contributed by atoms with Crippen molar-refractivity contribution in [2.45, 2.75) is 0 Å². The first-order valence-corrected chi connectivity index (χ1v) is 5.01. The van der Waals surface area contributed by atoms with Gasteiger partial charge in [-0.25, -0.2) is 0 Å². The van der Waals surface area contributed by atoms with Crippen LogP contribution in [0.4, 0.5) is 0 Å². The Kier molecular flexibility index (Phi) is 2.59. The van der Waals surface area contributed by atoms with Gasteiger partial charge in [-0.05, 0) is 17.3 Å². The summed E-state index contributed by atoms with van der Waals surface area (Å²) in [5.74, 6) is -0.139. The Morgan fingerprint density at radius 1 is 1.40 bits per heavy atom. The van der Waals surface area contributed by atoms with E-state index in [1.54, 1.807) is 25.2 Å². The molecule has 0 aliphatic rings. The van der Waals surface area contributed by atoms with Crippen LogP contribution in [0.5, 0.6) is 0 Å². The zero-order chi connectivity index (χ0) is 10.8. The number of ketones is 1. The number of aromatic nitrogens is 4. The van der Waals surface area contributed by atoms with Crippen LogP contribution in [0, 0.1) is 0 Å². The van der Waals surface area contributed by atoms with Gasteiger partial charge in [0, 0.05) is 10.0 Å². The third kappa shape index (κ3) is 1.94. The molecule has 76 valence electrons. The summed E-state index contributed by atoms with van der Waals surface area (Å²) >= 11 is 3.30. The van der Waals surface area contributed by atoms with Crippen LogP contribution in [0.25, 0.3) is 0 Å². The van der Waals surface area contributed by atoms with Crippen LogP contribution in [-0.2, 0) is 7.05 Å². The smallest absolute Gasteiger partial charge is 0.245 e. The van der Waals surface area contributed by atoms with E-state index in [0.29, 0.717) is 5.56 Å². The Hall–Kier alpha value is -1.56. The molecular weight excluding hydrogens is 260 g/mol. The Labute approximate surface area is 94.2 Å². The summed E-state index contributed by atoms with van der Waals surface area (Å²) in [5.41, 5.74) is 0.533. The summed E-state index contributed by atoms with van der Waals surface area (Å²) < 4.78 is 0.724. The van der Waals surface area contributed by atoms with Crippen LogP contribution in [0.15, 0.2) is 28.7 Å². The average molecular weight is 267 g/mol. The van der Waals surface area contributed by atoms with E-state index in [1.165, 1.54) is 4.80 Å². The molecule has 1 aromatic heterocycles. The third-order valence-corrected chi connectivity index (χ3v) is 2.52. The molecule has 0 saturated heterocycles. The van der Waals surface area contributed by atoms with Gasteiger partial charge in [0.25, 0.3) is 0 Å². The predicted molar refractivity (Wildman–Crippen MR) is 56.4 cm³/mol. The standard InChI is InChI=1S/C9H7BrN4O/c1-14-12-9(11-13-14)8(15)6-4-2-3-5-7(6)10/h2-5H,1H3. The lowest BCUT2D eigenvalue weighted by Crippen LogP contribution is -2.05. The maximum atomic E-state index is 11.9. The molecule has 2 aromatic rings. The Balaban J connectivity index is 2.41. The fourth-order valence-corrected chi connectivity index (χ4v) is 1.61. The molecule has 0 saturated carbocycles. The lowest BCUT2D eigenvalue weighted by molar-refractivity contribution is 0.102. The van der Waals surface area contributed by atoms with Crippen molar-refractivity contribution in [3.8, 4) is 0 Å². The molecule has 0 N–H and O–H groups in total. The monoisotopic (exact) mass is 266 g/mol. The minimum absolute atomic E-state index is 0.101. The van der Waals surface area contributed by atoms with Crippen molar-refractivity contribution in [2.24, 2.45) is 7.05 Å². The lowest BCUT2D eigenvalue weighted by atomic mass is 10.1. The molecule has 1 aromatic carbocycles. The normalized spacial score (nSPS) is 10.3. The highest BCUT2D eigenvalue weighted by molar-refractivity contribution is 9.10. The number of halogens is 1. The summed E-state index contributed by atoms with van der Waals surface area (Å²) in [6, 6.07) is 7.13. The summed E-state index contributed by atoms with van der Waals surface area (Å²) in [6.07, 6.45) is 0. The van der Waals surface area contributed by atoms with Crippen LogP contribution in [0.2, 0.25) is 0 Å². The molecule has 0 amide bonds. The molecule has 0 bridgehead atoms. The first-order chi connectivity index (χ1) is 7.18. The molecule has 0 aliphatic carbocycles. The molecule has 6 heteroatoms. The molecule has 0 radical (unpaired) electrons. The van der Waals surface area contributed by atoms with Crippen molar-refractivity contribution >= 4 is 21.7 Å². The van der Waals surface area contributed by atoms with Crippen LogP contribution in [0.3, 0.4) is 0 Å². The van der Waals surface area contributed by atoms with E-state index in [0.717, 1.165) is 4.47 Å². The Morgan fingerprint density at radius 3 is 2.73 bits per heavy atom. The van der Waals surface area contributed by atoms with Crippen molar-refractivity contribution in [3.63, 3.8) is 0 Å². The largest absolute Gasteiger partial charge is 0.285 e. The van der Waals surface area contributed by atoms with Gasteiger partial charge in [-0.15, -0.1) is 10.2 Å². The van der Waals surface area contributed by atoms with E-state index in [1.807, 2.05) is 6.07 Å². The number of aryl methyl sites for hydroxylation is 1. The van der Waals surface area contributed by atoms with E-state index < -0.39 is 0 Å². The van der Waals surface area contributed by atoms with Crippen molar-refractivity contribution in [2.75, 3.05) is 0 Å².